The number of hydrogen-bond donors (Lipinski definition) is 4. The van der Waals surface area contributed by atoms with Gasteiger partial charge in [-0.25, -0.2) is 4.79 Å². The molecule has 0 radical (unpaired) electrons. The van der Waals surface area contributed by atoms with Crippen LogP contribution in [-0.2, 0) is 27.4 Å². The van der Waals surface area contributed by atoms with Gasteiger partial charge in [0, 0.05) is 19.2 Å². The van der Waals surface area contributed by atoms with Gasteiger partial charge in [-0.15, -0.1) is 0 Å². The van der Waals surface area contributed by atoms with Crippen LogP contribution in [0.1, 0.15) is 33.5 Å². The van der Waals surface area contributed by atoms with Crippen molar-refractivity contribution in [3.05, 3.63) is 64.7 Å². The number of hydrazone groups is 1. The number of amides is 2. The number of aliphatic carboxylic acids is 2. The third-order valence-corrected chi connectivity index (χ3v) is 5.33. The van der Waals surface area contributed by atoms with Gasteiger partial charge in [0.1, 0.15) is 18.4 Å². The number of ether oxygens (including phenoxy) is 1. The van der Waals surface area contributed by atoms with Crippen molar-refractivity contribution >= 4 is 30.0 Å². The monoisotopic (exact) mass is 538 g/mol. The number of carboxylic acid groups (broad SMARTS) is 2. The fraction of sp³-hybridized carbons (Fsp3) is 0.292. The number of halogens is 3. The summed E-state index contributed by atoms with van der Waals surface area (Å²) in [6, 6.07) is 11.7. The van der Waals surface area contributed by atoms with Crippen LogP contribution in [0, 0.1) is 0 Å². The van der Waals surface area contributed by atoms with Gasteiger partial charge < -0.3 is 31.0 Å². The highest BCUT2D eigenvalue weighted by atomic mass is 19.4. The number of carbonyl (C=O) groups excluding carboxylic acids is 2. The molecule has 2 amide bonds. The van der Waals surface area contributed by atoms with Gasteiger partial charge in [0.15, 0.2) is 0 Å². The van der Waals surface area contributed by atoms with Crippen molar-refractivity contribution < 1.29 is 47.3 Å². The van der Waals surface area contributed by atoms with E-state index in [2.05, 4.69) is 10.4 Å². The molecule has 0 aliphatic carbocycles. The number of hydrogen-bond acceptors (Lipinski definition) is 7. The molecule has 11 nitrogen and oxygen atoms in total. The summed E-state index contributed by atoms with van der Waals surface area (Å²) in [4.78, 5) is 46.4. The molecule has 204 valence electrons. The molecule has 0 saturated carbocycles. The molecule has 1 atom stereocenters. The number of nitrogens with zero attached hydrogens (tertiary/aromatic N) is 2. The summed E-state index contributed by atoms with van der Waals surface area (Å²) in [6.07, 6.45) is -3.48. The lowest BCUT2D eigenvalue weighted by atomic mass is 9.96. The maximum atomic E-state index is 12.9. The molecule has 2 aromatic carbocycles. The molecular formula is C24H25F3N4O7. The molecule has 5 N–H and O–H groups in total. The van der Waals surface area contributed by atoms with Crippen molar-refractivity contribution in [2.24, 2.45) is 10.9 Å². The van der Waals surface area contributed by atoms with Crippen molar-refractivity contribution in [3.63, 3.8) is 0 Å². The highest BCUT2D eigenvalue weighted by Crippen LogP contribution is 2.26. The summed E-state index contributed by atoms with van der Waals surface area (Å²) in [7, 11) is 1.42. The third kappa shape index (κ3) is 8.21. The van der Waals surface area contributed by atoms with Crippen molar-refractivity contribution in [2.45, 2.75) is 31.7 Å². The Bertz CT molecular complexity index is 1200. The normalized spacial score (nSPS) is 13.7. The van der Waals surface area contributed by atoms with Crippen LogP contribution in [0.5, 0.6) is 5.75 Å². The maximum absolute atomic E-state index is 12.9. The minimum absolute atomic E-state index is 0.255. The molecule has 0 aromatic heterocycles. The molecule has 0 saturated heterocycles. The Morgan fingerprint density at radius 1 is 1.18 bits per heavy atom. The molecule has 14 heteroatoms. The zero-order valence-electron chi connectivity index (χ0n) is 20.1. The Balaban J connectivity index is 0.000000638. The lowest BCUT2D eigenvalue weighted by Crippen LogP contribution is -2.52. The van der Waals surface area contributed by atoms with Gasteiger partial charge in [-0.3, -0.25) is 14.4 Å². The Hall–Kier alpha value is -4.62. The SMILES string of the molecule is CNC(=O)C(CC(=O)O)N1CCc2cc(OCc3ccc(C=NN)cc3)ccc2C1=O.O=C(O)C(F)(F)F. The minimum Gasteiger partial charge on any atom is -0.489 e. The van der Waals surface area contributed by atoms with Gasteiger partial charge in [-0.2, -0.15) is 18.3 Å². The van der Waals surface area contributed by atoms with Gasteiger partial charge in [-0.1, -0.05) is 24.3 Å². The number of nitrogens with two attached hydrogens (primary N) is 1. The molecule has 1 aliphatic heterocycles. The summed E-state index contributed by atoms with van der Waals surface area (Å²) in [5, 5.41) is 22.2. The second-order valence-electron chi connectivity index (χ2n) is 7.91. The standard InChI is InChI=1S/C22H24N4O5.C2HF3O2/c1-24-21(29)19(11-20(27)28)26-9-8-16-10-17(6-7-18(16)22(26)30)31-13-15-4-2-14(3-5-15)12-25-23;3-2(4,5)1(6)7/h2-7,10,12,19H,8-9,11,13,23H2,1H3,(H,24,29)(H,27,28);(H,6,7). The van der Waals surface area contributed by atoms with E-state index in [0.717, 1.165) is 16.7 Å². The summed E-state index contributed by atoms with van der Waals surface area (Å²) in [5.74, 6) is 1.01. The molecule has 1 unspecified atom stereocenters. The highest BCUT2D eigenvalue weighted by molar-refractivity contribution is 6.00. The average molecular weight is 538 g/mol. The third-order valence-electron chi connectivity index (χ3n) is 5.33. The number of rotatable bonds is 8. The van der Waals surface area contributed by atoms with E-state index >= 15 is 0 Å². The molecule has 3 rings (SSSR count). The average Bonchev–Trinajstić information content (AvgIpc) is 2.86. The van der Waals surface area contributed by atoms with Gasteiger partial charge in [0.05, 0.1) is 12.6 Å². The number of carboxylic acids is 2. The van der Waals surface area contributed by atoms with Crippen molar-refractivity contribution in [1.29, 1.82) is 0 Å². The summed E-state index contributed by atoms with van der Waals surface area (Å²) in [5.41, 5.74) is 3.11. The summed E-state index contributed by atoms with van der Waals surface area (Å²) >= 11 is 0. The highest BCUT2D eigenvalue weighted by Gasteiger charge is 2.38. The minimum atomic E-state index is -5.08. The largest absolute Gasteiger partial charge is 0.490 e. The first kappa shape index (κ1) is 29.6. The second kappa shape index (κ2) is 13.1. The summed E-state index contributed by atoms with van der Waals surface area (Å²) in [6.45, 7) is 0.612. The van der Waals surface area contributed by atoms with Gasteiger partial charge in [0.25, 0.3) is 5.91 Å². The van der Waals surface area contributed by atoms with Gasteiger partial charge in [-0.05, 0) is 41.3 Å². The Kier molecular flexibility index (Phi) is 10.2. The quantitative estimate of drug-likeness (QED) is 0.224. The topological polar surface area (TPSA) is 172 Å². The Labute approximate surface area is 214 Å². The molecule has 1 aliphatic rings. The summed E-state index contributed by atoms with van der Waals surface area (Å²) < 4.78 is 37.6. The van der Waals surface area contributed by atoms with Gasteiger partial charge in [0.2, 0.25) is 5.91 Å². The zero-order chi connectivity index (χ0) is 28.5. The molecule has 1 heterocycles. The number of alkyl halides is 3. The van der Waals surface area contributed by atoms with Crippen molar-refractivity contribution in [3.8, 4) is 5.75 Å². The molecule has 0 fully saturated rings. The second-order valence-corrected chi connectivity index (χ2v) is 7.91. The predicted octanol–water partition coefficient (Wildman–Crippen LogP) is 1.78. The molecule has 38 heavy (non-hydrogen) atoms. The van der Waals surface area contributed by atoms with E-state index in [1.807, 2.05) is 30.3 Å². The number of carbonyl (C=O) groups is 4. The van der Waals surface area contributed by atoms with Gasteiger partial charge >= 0.3 is 18.1 Å². The van der Waals surface area contributed by atoms with Crippen LogP contribution in [0.25, 0.3) is 0 Å². The first-order chi connectivity index (χ1) is 17.9. The van der Waals surface area contributed by atoms with Crippen LogP contribution in [0.4, 0.5) is 13.2 Å². The van der Waals surface area contributed by atoms with Crippen molar-refractivity contribution in [1.82, 2.24) is 10.2 Å². The molecular weight excluding hydrogens is 513 g/mol. The van der Waals surface area contributed by atoms with Crippen LogP contribution < -0.4 is 15.9 Å². The predicted molar refractivity (Wildman–Crippen MR) is 128 cm³/mol. The number of nitrogens with one attached hydrogen (secondary N) is 1. The lowest BCUT2D eigenvalue weighted by Gasteiger charge is -2.34. The van der Waals surface area contributed by atoms with Crippen LogP contribution in [0.3, 0.4) is 0 Å². The van der Waals surface area contributed by atoms with Crippen molar-refractivity contribution in [2.75, 3.05) is 13.6 Å². The van der Waals surface area contributed by atoms with E-state index in [9.17, 15) is 27.6 Å². The van der Waals surface area contributed by atoms with Crippen LogP contribution in [0.15, 0.2) is 47.6 Å². The number of benzene rings is 2. The Morgan fingerprint density at radius 2 is 1.82 bits per heavy atom. The molecule has 0 bridgehead atoms. The van der Waals surface area contributed by atoms with Crippen LogP contribution in [-0.4, -0.2) is 70.9 Å². The first-order valence-electron chi connectivity index (χ1n) is 11.0. The van der Waals surface area contributed by atoms with E-state index in [1.165, 1.54) is 11.9 Å². The maximum Gasteiger partial charge on any atom is 0.490 e. The van der Waals surface area contributed by atoms with E-state index in [0.29, 0.717) is 24.3 Å². The van der Waals surface area contributed by atoms with Crippen LogP contribution in [0.2, 0.25) is 0 Å². The van der Waals surface area contributed by atoms with E-state index in [-0.39, 0.29) is 12.5 Å². The Morgan fingerprint density at radius 3 is 2.34 bits per heavy atom. The van der Waals surface area contributed by atoms with E-state index < -0.39 is 36.5 Å². The fourth-order valence-electron chi connectivity index (χ4n) is 3.50. The number of likely N-dealkylation sites (N-methyl/N-ethyl adjacent to an activating group) is 1. The zero-order valence-corrected chi connectivity index (χ0v) is 20.1. The van der Waals surface area contributed by atoms with E-state index in [4.69, 9.17) is 25.6 Å². The first-order valence-corrected chi connectivity index (χ1v) is 11.0. The number of fused-ring (bicyclic) bond motifs is 1. The lowest BCUT2D eigenvalue weighted by molar-refractivity contribution is -0.192. The smallest absolute Gasteiger partial charge is 0.489 e. The van der Waals surface area contributed by atoms with E-state index in [1.54, 1.807) is 18.3 Å². The molecule has 2 aromatic rings. The molecule has 0 spiro atoms. The fourth-order valence-corrected chi connectivity index (χ4v) is 3.50. The van der Waals surface area contributed by atoms with Crippen LogP contribution >= 0.6 is 0 Å².